The van der Waals surface area contributed by atoms with Crippen LogP contribution in [0.25, 0.3) is 22.3 Å². The first-order valence-corrected chi connectivity index (χ1v) is 15.7. The third-order valence-corrected chi connectivity index (χ3v) is 7.84. The van der Waals surface area contributed by atoms with Gasteiger partial charge in [-0.05, 0) is 46.5 Å². The highest BCUT2D eigenvalue weighted by atomic mass is 32.2. The Bertz CT molecular complexity index is 1860. The summed E-state index contributed by atoms with van der Waals surface area (Å²) in [5.74, 6) is -0.915. The van der Waals surface area contributed by atoms with Crippen molar-refractivity contribution in [2.75, 3.05) is 21.6 Å². The van der Waals surface area contributed by atoms with E-state index in [0.29, 0.717) is 22.9 Å². The zero-order valence-corrected chi connectivity index (χ0v) is 23.0. The molecule has 4 aromatic carbocycles. The lowest BCUT2D eigenvalue weighted by molar-refractivity contribution is 0.269. The molecular formula is C29H24N2O8S2. The van der Waals surface area contributed by atoms with E-state index >= 15 is 0 Å². The van der Waals surface area contributed by atoms with E-state index in [4.69, 9.17) is 9.47 Å². The van der Waals surface area contributed by atoms with E-state index in [1.807, 2.05) is 72.8 Å². The maximum absolute atomic E-state index is 12.0. The fourth-order valence-electron chi connectivity index (χ4n) is 4.88. The summed E-state index contributed by atoms with van der Waals surface area (Å²) in [5.41, 5.74) is 4.18. The van der Waals surface area contributed by atoms with Crippen molar-refractivity contribution >= 4 is 31.6 Å². The molecule has 41 heavy (non-hydrogen) atoms. The average Bonchev–Trinajstić information content (AvgIpc) is 3.44. The predicted octanol–water partition coefficient (Wildman–Crippen LogP) is 4.98. The molecule has 0 saturated heterocycles. The number of anilines is 2. The zero-order valence-electron chi connectivity index (χ0n) is 21.4. The molecule has 6 rings (SSSR count). The minimum Gasteiger partial charge on any atom is -0.464 e. The van der Waals surface area contributed by atoms with Crippen molar-refractivity contribution in [3.63, 3.8) is 0 Å². The van der Waals surface area contributed by atoms with Crippen molar-refractivity contribution in [2.45, 2.75) is 6.23 Å². The first-order valence-electron chi connectivity index (χ1n) is 12.4. The summed E-state index contributed by atoms with van der Waals surface area (Å²) in [6.07, 6.45) is 0.306. The van der Waals surface area contributed by atoms with E-state index in [-0.39, 0.29) is 5.88 Å². The van der Waals surface area contributed by atoms with E-state index in [1.165, 1.54) is 15.9 Å². The van der Waals surface area contributed by atoms with Crippen LogP contribution in [0.2, 0.25) is 0 Å². The number of rotatable bonds is 7. The molecule has 2 aliphatic heterocycles. The van der Waals surface area contributed by atoms with Crippen LogP contribution in [-0.4, -0.2) is 43.9 Å². The fourth-order valence-corrected chi connectivity index (χ4v) is 6.11. The molecule has 2 N–H and O–H groups in total. The monoisotopic (exact) mass is 592 g/mol. The summed E-state index contributed by atoms with van der Waals surface area (Å²) in [4.78, 5) is 2.60. The largest absolute Gasteiger partial charge is 0.464 e. The van der Waals surface area contributed by atoms with Crippen LogP contribution in [0.3, 0.4) is 0 Å². The van der Waals surface area contributed by atoms with E-state index in [0.717, 1.165) is 22.3 Å². The van der Waals surface area contributed by atoms with Gasteiger partial charge in [-0.25, -0.2) is 0 Å². The number of fused-ring (bicyclic) bond motifs is 2. The standard InChI is InChI=1S/C29H24N2O8S2/c32-40(33,34)18-30-24-15-22(20-7-3-1-4-8-20)11-13-26(24)38-28(30)17-29-31(19-41(35,36)37)25-16-23(12-14-27(25)39-29)21-9-5-2-6-10-21/h1-17,28H,18-19H2,(H,32,33,34)(H,35,36,37)/b29-17-. The Morgan fingerprint density at radius 2 is 1.20 bits per heavy atom. The van der Waals surface area contributed by atoms with Crippen molar-refractivity contribution in [1.29, 1.82) is 0 Å². The molecule has 1 unspecified atom stereocenters. The minimum absolute atomic E-state index is 0.00395. The molecule has 1 atom stereocenters. The Morgan fingerprint density at radius 3 is 1.76 bits per heavy atom. The number of benzene rings is 4. The van der Waals surface area contributed by atoms with E-state index in [2.05, 4.69) is 0 Å². The molecule has 0 aromatic heterocycles. The van der Waals surface area contributed by atoms with Gasteiger partial charge in [-0.2, -0.15) is 16.8 Å². The van der Waals surface area contributed by atoms with Gasteiger partial charge in [-0.3, -0.25) is 14.0 Å². The molecule has 0 amide bonds. The topological polar surface area (TPSA) is 134 Å². The maximum atomic E-state index is 12.0. The normalized spacial score (nSPS) is 17.2. The van der Waals surface area contributed by atoms with Crippen molar-refractivity contribution in [1.82, 2.24) is 0 Å². The molecule has 0 spiro atoms. The highest BCUT2D eigenvalue weighted by molar-refractivity contribution is 7.86. The van der Waals surface area contributed by atoms with Crippen LogP contribution in [0.5, 0.6) is 11.5 Å². The SMILES string of the molecule is O=S(=O)(O)CN1/C(=C/C2Oc3ccc(-c4ccccc4)cc3N2CS(=O)(=O)O)Oc2ccc(-c3ccccc3)cc21. The third-order valence-electron chi connectivity index (χ3n) is 6.65. The zero-order chi connectivity index (χ0) is 28.8. The number of hydrogen-bond acceptors (Lipinski definition) is 8. The third kappa shape index (κ3) is 5.77. The second-order valence-electron chi connectivity index (χ2n) is 9.53. The van der Waals surface area contributed by atoms with Gasteiger partial charge < -0.3 is 14.4 Å². The van der Waals surface area contributed by atoms with Gasteiger partial charge in [0.25, 0.3) is 20.2 Å². The Morgan fingerprint density at radius 1 is 0.659 bits per heavy atom. The number of hydrogen-bond donors (Lipinski definition) is 2. The number of nitrogens with zero attached hydrogens (tertiary/aromatic N) is 2. The van der Waals surface area contributed by atoms with Gasteiger partial charge in [0.1, 0.15) is 11.6 Å². The van der Waals surface area contributed by atoms with Crippen LogP contribution < -0.4 is 19.3 Å². The van der Waals surface area contributed by atoms with Gasteiger partial charge >= 0.3 is 0 Å². The van der Waals surface area contributed by atoms with Crippen LogP contribution in [0.15, 0.2) is 109 Å². The van der Waals surface area contributed by atoms with Gasteiger partial charge in [0, 0.05) is 6.08 Å². The van der Waals surface area contributed by atoms with Gasteiger partial charge in [0.2, 0.25) is 5.88 Å². The van der Waals surface area contributed by atoms with Gasteiger partial charge in [-0.1, -0.05) is 72.8 Å². The quantitative estimate of drug-likeness (QED) is 0.283. The number of ether oxygens (including phenoxy) is 2. The molecule has 0 saturated carbocycles. The Hall–Kier alpha value is -4.36. The van der Waals surface area contributed by atoms with E-state index in [1.54, 1.807) is 24.3 Å². The molecule has 2 aliphatic rings. The highest BCUT2D eigenvalue weighted by Gasteiger charge is 2.37. The molecule has 0 bridgehead atoms. The molecule has 4 aromatic rings. The molecule has 2 heterocycles. The lowest BCUT2D eigenvalue weighted by atomic mass is 10.0. The van der Waals surface area contributed by atoms with Crippen LogP contribution in [0.1, 0.15) is 0 Å². The maximum Gasteiger partial charge on any atom is 0.283 e. The van der Waals surface area contributed by atoms with Gasteiger partial charge in [-0.15, -0.1) is 0 Å². The summed E-state index contributed by atoms with van der Waals surface area (Å²) in [5, 5.41) is 0. The van der Waals surface area contributed by atoms with Crippen molar-refractivity contribution in [3.05, 3.63) is 109 Å². The summed E-state index contributed by atoms with van der Waals surface area (Å²) in [6.45, 7) is 0. The molecule has 0 radical (unpaired) electrons. The summed E-state index contributed by atoms with van der Waals surface area (Å²) >= 11 is 0. The summed E-state index contributed by atoms with van der Waals surface area (Å²) < 4.78 is 79.6. The predicted molar refractivity (Wildman–Crippen MR) is 155 cm³/mol. The summed E-state index contributed by atoms with van der Waals surface area (Å²) in [7, 11) is -9.01. The van der Waals surface area contributed by atoms with E-state index < -0.39 is 38.2 Å². The van der Waals surface area contributed by atoms with Crippen molar-refractivity contribution < 1.29 is 35.4 Å². The highest BCUT2D eigenvalue weighted by Crippen LogP contribution is 2.44. The van der Waals surface area contributed by atoms with Gasteiger partial charge in [0.05, 0.1) is 11.4 Å². The van der Waals surface area contributed by atoms with E-state index in [9.17, 15) is 25.9 Å². The lowest BCUT2D eigenvalue weighted by Crippen LogP contribution is -2.38. The first-order chi connectivity index (χ1) is 19.5. The van der Waals surface area contributed by atoms with Crippen LogP contribution in [0.4, 0.5) is 11.4 Å². The Kier molecular flexibility index (Phi) is 6.70. The average molecular weight is 593 g/mol. The Balaban J connectivity index is 1.40. The molecule has 0 aliphatic carbocycles. The molecule has 10 nitrogen and oxygen atoms in total. The van der Waals surface area contributed by atoms with Crippen LogP contribution in [-0.2, 0) is 20.2 Å². The Labute approximate surface area is 237 Å². The molecule has 0 fully saturated rings. The smallest absolute Gasteiger partial charge is 0.283 e. The molecule has 210 valence electrons. The fraction of sp³-hybridized carbons (Fsp3) is 0.103. The van der Waals surface area contributed by atoms with Crippen LogP contribution >= 0.6 is 0 Å². The lowest BCUT2D eigenvalue weighted by Gasteiger charge is -2.23. The first kappa shape index (κ1) is 26.8. The van der Waals surface area contributed by atoms with Crippen molar-refractivity contribution in [3.8, 4) is 33.8 Å². The second kappa shape index (κ2) is 10.2. The minimum atomic E-state index is -4.51. The molecular weight excluding hydrogens is 568 g/mol. The van der Waals surface area contributed by atoms with Crippen LogP contribution in [0, 0.1) is 0 Å². The summed E-state index contributed by atoms with van der Waals surface area (Å²) in [6, 6.07) is 29.4. The van der Waals surface area contributed by atoms with Gasteiger partial charge in [0.15, 0.2) is 17.9 Å². The molecule has 12 heteroatoms. The second-order valence-corrected chi connectivity index (χ2v) is 12.4. The van der Waals surface area contributed by atoms with Crippen molar-refractivity contribution in [2.24, 2.45) is 0 Å².